The van der Waals surface area contributed by atoms with Crippen molar-refractivity contribution >= 4 is 5.97 Å². The third kappa shape index (κ3) is 3.43. The van der Waals surface area contributed by atoms with Crippen molar-refractivity contribution in [1.29, 1.82) is 0 Å². The third-order valence-corrected chi connectivity index (χ3v) is 3.95. The summed E-state index contributed by atoms with van der Waals surface area (Å²) in [5, 5.41) is 9.09. The summed E-state index contributed by atoms with van der Waals surface area (Å²) < 4.78 is 1.44. The van der Waals surface area contributed by atoms with Crippen LogP contribution in [0.25, 0.3) is 0 Å². The van der Waals surface area contributed by atoms with Crippen molar-refractivity contribution in [2.75, 3.05) is 0 Å². The average Bonchev–Trinajstić information content (AvgIpc) is 2.59. The molecule has 2 aromatic carbocycles. The highest BCUT2D eigenvalue weighted by Gasteiger charge is 2.11. The zero-order valence-corrected chi connectivity index (χ0v) is 13.1. The number of hydrogen-bond acceptors (Lipinski definition) is 2. The molecule has 4 nitrogen and oxygen atoms in total. The first-order valence-corrected chi connectivity index (χ1v) is 7.68. The van der Waals surface area contributed by atoms with Crippen molar-refractivity contribution in [2.24, 2.45) is 0 Å². The van der Waals surface area contributed by atoms with Gasteiger partial charge in [0.2, 0.25) is 0 Å². The van der Waals surface area contributed by atoms with E-state index in [9.17, 15) is 9.59 Å². The Bertz CT molecular complexity index is 913. The minimum Gasteiger partial charge on any atom is -0.477 e. The second kappa shape index (κ2) is 6.96. The second-order valence-electron chi connectivity index (χ2n) is 5.59. The molecule has 3 rings (SSSR count). The molecule has 0 saturated carbocycles. The fourth-order valence-corrected chi connectivity index (χ4v) is 2.71. The Morgan fingerprint density at radius 3 is 2.25 bits per heavy atom. The molecule has 120 valence electrons. The summed E-state index contributed by atoms with van der Waals surface area (Å²) in [7, 11) is 0. The van der Waals surface area contributed by atoms with Crippen LogP contribution in [0.1, 0.15) is 27.0 Å². The quantitative estimate of drug-likeness (QED) is 0.786. The van der Waals surface area contributed by atoms with Crippen LogP contribution >= 0.6 is 0 Å². The van der Waals surface area contributed by atoms with Crippen LogP contribution in [-0.2, 0) is 13.0 Å². The van der Waals surface area contributed by atoms with Gasteiger partial charge in [0.05, 0.1) is 6.54 Å². The molecule has 0 saturated heterocycles. The van der Waals surface area contributed by atoms with E-state index in [-0.39, 0.29) is 5.56 Å². The number of carboxylic acids is 1. The number of benzene rings is 2. The lowest BCUT2D eigenvalue weighted by Crippen LogP contribution is -2.26. The lowest BCUT2D eigenvalue weighted by atomic mass is 9.99. The van der Waals surface area contributed by atoms with Crippen molar-refractivity contribution in [3.05, 3.63) is 106 Å². The second-order valence-corrected chi connectivity index (χ2v) is 5.59. The molecule has 0 unspecified atom stereocenters. The van der Waals surface area contributed by atoms with E-state index >= 15 is 0 Å². The summed E-state index contributed by atoms with van der Waals surface area (Å²) in [6.45, 7) is 0.350. The molecule has 3 aromatic rings. The van der Waals surface area contributed by atoms with Crippen LogP contribution in [0.2, 0.25) is 0 Å². The summed E-state index contributed by atoms with van der Waals surface area (Å²) >= 11 is 0. The van der Waals surface area contributed by atoms with Gasteiger partial charge in [-0.3, -0.25) is 4.79 Å². The van der Waals surface area contributed by atoms with Gasteiger partial charge in [-0.1, -0.05) is 54.6 Å². The number of aromatic carboxylic acids is 1. The van der Waals surface area contributed by atoms with Gasteiger partial charge in [0.1, 0.15) is 5.56 Å². The standard InChI is InChI=1S/C20H17NO3/c22-19-18(20(23)24)11-6-12-21(19)14-17-10-5-4-9-16(17)13-15-7-2-1-3-8-15/h1-12H,13-14H2,(H,23,24). The predicted molar refractivity (Wildman–Crippen MR) is 92.5 cm³/mol. The highest BCUT2D eigenvalue weighted by Crippen LogP contribution is 2.15. The largest absolute Gasteiger partial charge is 0.477 e. The smallest absolute Gasteiger partial charge is 0.341 e. The van der Waals surface area contributed by atoms with Crippen LogP contribution in [-0.4, -0.2) is 15.6 Å². The van der Waals surface area contributed by atoms with Gasteiger partial charge in [-0.05, 0) is 35.2 Å². The topological polar surface area (TPSA) is 59.3 Å². The molecule has 0 fully saturated rings. The van der Waals surface area contributed by atoms with Crippen molar-refractivity contribution < 1.29 is 9.90 Å². The normalized spacial score (nSPS) is 10.5. The van der Waals surface area contributed by atoms with E-state index in [1.54, 1.807) is 12.3 Å². The minimum absolute atomic E-state index is 0.210. The molecule has 4 heteroatoms. The molecule has 24 heavy (non-hydrogen) atoms. The Kier molecular flexibility index (Phi) is 4.57. The van der Waals surface area contributed by atoms with Gasteiger partial charge in [-0.25, -0.2) is 4.79 Å². The average molecular weight is 319 g/mol. The number of carbonyl (C=O) groups is 1. The fourth-order valence-electron chi connectivity index (χ4n) is 2.71. The van der Waals surface area contributed by atoms with Gasteiger partial charge < -0.3 is 9.67 Å². The van der Waals surface area contributed by atoms with Crippen LogP contribution in [0, 0.1) is 0 Å². The molecule has 0 aliphatic heterocycles. The monoisotopic (exact) mass is 319 g/mol. The lowest BCUT2D eigenvalue weighted by molar-refractivity contribution is 0.0694. The molecular formula is C20H17NO3. The van der Waals surface area contributed by atoms with Crippen molar-refractivity contribution in [2.45, 2.75) is 13.0 Å². The summed E-state index contributed by atoms with van der Waals surface area (Å²) in [4.78, 5) is 23.4. The number of hydrogen-bond donors (Lipinski definition) is 1. The maximum Gasteiger partial charge on any atom is 0.341 e. The molecule has 1 heterocycles. The van der Waals surface area contributed by atoms with Gasteiger partial charge in [-0.15, -0.1) is 0 Å². The predicted octanol–water partition coefficient (Wildman–Crippen LogP) is 3.19. The Labute approximate surface area is 139 Å². The first kappa shape index (κ1) is 15.7. The van der Waals surface area contributed by atoms with E-state index in [1.165, 1.54) is 16.2 Å². The zero-order chi connectivity index (χ0) is 16.9. The number of carboxylic acid groups (broad SMARTS) is 1. The Morgan fingerprint density at radius 1 is 0.875 bits per heavy atom. The van der Waals surface area contributed by atoms with E-state index in [1.807, 2.05) is 42.5 Å². The summed E-state index contributed by atoms with van der Waals surface area (Å²) in [6.07, 6.45) is 2.39. The van der Waals surface area contributed by atoms with E-state index < -0.39 is 11.5 Å². The lowest BCUT2D eigenvalue weighted by Gasteiger charge is -2.12. The first-order valence-electron chi connectivity index (χ1n) is 7.68. The third-order valence-electron chi connectivity index (χ3n) is 3.95. The summed E-state index contributed by atoms with van der Waals surface area (Å²) in [5.74, 6) is -1.20. The van der Waals surface area contributed by atoms with E-state index in [0.717, 1.165) is 17.5 Å². The van der Waals surface area contributed by atoms with Gasteiger partial charge in [0, 0.05) is 6.20 Å². The zero-order valence-electron chi connectivity index (χ0n) is 13.1. The molecular weight excluding hydrogens is 302 g/mol. The molecule has 0 spiro atoms. The first-order chi connectivity index (χ1) is 11.6. The van der Waals surface area contributed by atoms with Crippen LogP contribution in [0.5, 0.6) is 0 Å². The summed E-state index contributed by atoms with van der Waals surface area (Å²) in [5.41, 5.74) is 2.62. The number of pyridine rings is 1. The highest BCUT2D eigenvalue weighted by atomic mass is 16.4. The Balaban J connectivity index is 1.93. The van der Waals surface area contributed by atoms with E-state index in [4.69, 9.17) is 5.11 Å². The summed E-state index contributed by atoms with van der Waals surface area (Å²) in [6, 6.07) is 20.9. The van der Waals surface area contributed by atoms with Gasteiger partial charge >= 0.3 is 5.97 Å². The van der Waals surface area contributed by atoms with Crippen molar-refractivity contribution in [1.82, 2.24) is 4.57 Å². The number of aromatic nitrogens is 1. The minimum atomic E-state index is -1.20. The number of rotatable bonds is 5. The molecule has 0 radical (unpaired) electrons. The van der Waals surface area contributed by atoms with Gasteiger partial charge in [-0.2, -0.15) is 0 Å². The van der Waals surface area contributed by atoms with Gasteiger partial charge in [0.25, 0.3) is 5.56 Å². The van der Waals surface area contributed by atoms with E-state index in [2.05, 4.69) is 12.1 Å². The van der Waals surface area contributed by atoms with Crippen LogP contribution < -0.4 is 5.56 Å². The molecule has 0 atom stereocenters. The molecule has 0 aliphatic rings. The molecule has 1 aromatic heterocycles. The Hall–Kier alpha value is -3.14. The highest BCUT2D eigenvalue weighted by molar-refractivity contribution is 5.86. The molecule has 0 amide bonds. The van der Waals surface area contributed by atoms with Crippen LogP contribution in [0.15, 0.2) is 77.7 Å². The molecule has 1 N–H and O–H groups in total. The molecule has 0 bridgehead atoms. The fraction of sp³-hybridized carbons (Fsp3) is 0.100. The van der Waals surface area contributed by atoms with E-state index in [0.29, 0.717) is 6.54 Å². The van der Waals surface area contributed by atoms with Gasteiger partial charge in [0.15, 0.2) is 0 Å². The Morgan fingerprint density at radius 2 is 1.54 bits per heavy atom. The maximum absolute atomic E-state index is 12.3. The van der Waals surface area contributed by atoms with Crippen molar-refractivity contribution in [3.63, 3.8) is 0 Å². The number of nitrogens with zero attached hydrogens (tertiary/aromatic N) is 1. The van der Waals surface area contributed by atoms with Crippen LogP contribution in [0.4, 0.5) is 0 Å². The SMILES string of the molecule is O=C(O)c1cccn(Cc2ccccc2Cc2ccccc2)c1=O. The van der Waals surface area contributed by atoms with Crippen molar-refractivity contribution in [3.8, 4) is 0 Å². The maximum atomic E-state index is 12.3. The van der Waals surface area contributed by atoms with Crippen LogP contribution in [0.3, 0.4) is 0 Å². The molecule has 0 aliphatic carbocycles.